The maximum absolute atomic E-state index is 14.0. The van der Waals surface area contributed by atoms with Crippen LogP contribution in [0.25, 0.3) is 0 Å². The number of hydrogen-bond acceptors (Lipinski definition) is 4. The van der Waals surface area contributed by atoms with Crippen LogP contribution in [0.3, 0.4) is 0 Å². The minimum absolute atomic E-state index is 0.0925. The molecule has 0 aromatic heterocycles. The predicted molar refractivity (Wildman–Crippen MR) is 166 cm³/mol. The Hall–Kier alpha value is -2.48. The highest BCUT2D eigenvalue weighted by atomic mass is 19.1. The molecule has 3 fully saturated rings. The Balaban J connectivity index is 0.00000237. The summed E-state index contributed by atoms with van der Waals surface area (Å²) in [7, 11) is 2.02. The molecule has 3 aliphatic rings. The van der Waals surface area contributed by atoms with E-state index >= 15 is 0 Å². The van der Waals surface area contributed by atoms with Crippen molar-refractivity contribution in [3.8, 4) is 0 Å². The molecule has 42 heavy (non-hydrogen) atoms. The molecule has 0 bridgehead atoms. The molecule has 1 saturated carbocycles. The van der Waals surface area contributed by atoms with Gasteiger partial charge in [-0.05, 0) is 96.5 Å². The molecule has 1 aromatic carbocycles. The summed E-state index contributed by atoms with van der Waals surface area (Å²) in [5, 5.41) is 6.34. The number of benzene rings is 1. The second-order valence-corrected chi connectivity index (χ2v) is 13.5. The molecule has 4 rings (SSSR count). The molecule has 2 atom stereocenters. The van der Waals surface area contributed by atoms with Crippen LogP contribution in [0, 0.1) is 23.1 Å². The highest BCUT2D eigenvalue weighted by molar-refractivity contribution is 5.89. The normalized spacial score (nSPS) is 22.4. The lowest BCUT2D eigenvalue weighted by Crippen LogP contribution is -2.59. The molecule has 1 aromatic rings. The molecule has 2 heterocycles. The van der Waals surface area contributed by atoms with Gasteiger partial charge in [-0.1, -0.05) is 45.2 Å². The maximum Gasteiger partial charge on any atom is 0.245 e. The lowest BCUT2D eigenvalue weighted by molar-refractivity contribution is -0.147. The van der Waals surface area contributed by atoms with E-state index in [4.69, 9.17) is 0 Å². The highest BCUT2D eigenvalue weighted by Crippen LogP contribution is 2.46. The minimum atomic E-state index is -0.726. The largest absolute Gasteiger partial charge is 0.351 e. The molecule has 7 nitrogen and oxygen atoms in total. The number of hydrogen-bond donors (Lipinski definition) is 2. The molecule has 8 heteroatoms. The zero-order chi connectivity index (χ0) is 30.9. The first kappa shape index (κ1) is 34.0. The summed E-state index contributed by atoms with van der Waals surface area (Å²) >= 11 is 0. The van der Waals surface area contributed by atoms with Gasteiger partial charge in [-0.15, -0.1) is 0 Å². The van der Waals surface area contributed by atoms with Gasteiger partial charge in [-0.2, -0.15) is 0 Å². The van der Waals surface area contributed by atoms with Crippen LogP contribution in [0.4, 0.5) is 4.39 Å². The Morgan fingerprint density at radius 2 is 1.57 bits per heavy atom. The molecule has 2 N–H and O–H groups in total. The first-order chi connectivity index (χ1) is 20.0. The van der Waals surface area contributed by atoms with Gasteiger partial charge in [0.05, 0.1) is 11.3 Å². The van der Waals surface area contributed by atoms with Gasteiger partial charge in [-0.3, -0.25) is 14.4 Å². The number of likely N-dealkylation sites (tertiary alicyclic amines) is 2. The number of nitrogens with zero attached hydrogens (tertiary/aromatic N) is 2. The molecular formula is C34H55FN4O3. The molecule has 1 aliphatic carbocycles. The Morgan fingerprint density at radius 3 is 2.14 bits per heavy atom. The number of carbonyl (C=O) groups excluding carboxylic acids is 3. The molecular weight excluding hydrogens is 531 g/mol. The Morgan fingerprint density at radius 1 is 0.952 bits per heavy atom. The fraction of sp³-hybridized carbons (Fsp3) is 0.735. The summed E-state index contributed by atoms with van der Waals surface area (Å²) in [6.45, 7) is 12.7. The van der Waals surface area contributed by atoms with Crippen LogP contribution >= 0.6 is 0 Å². The van der Waals surface area contributed by atoms with Crippen LogP contribution in [-0.2, 0) is 20.8 Å². The third-order valence-electron chi connectivity index (χ3n) is 9.26. The first-order valence-corrected chi connectivity index (χ1v) is 16.3. The summed E-state index contributed by atoms with van der Waals surface area (Å²) in [6, 6.07) is 5.41. The predicted octanol–water partition coefficient (Wildman–Crippen LogP) is 5.32. The maximum atomic E-state index is 14.0. The SMILES string of the molecule is CC.CN1CCC[C@@H](C(=O)N[C@H](Cc2ccc(F)cc2)C(=O)N2CCC(C(=O)NC(C)(C)C)(C3CCCCC3)CC2)C1. The third-order valence-corrected chi connectivity index (χ3v) is 9.26. The molecule has 2 saturated heterocycles. The average molecular weight is 587 g/mol. The van der Waals surface area contributed by atoms with Crippen molar-refractivity contribution in [1.29, 1.82) is 0 Å². The van der Waals surface area contributed by atoms with Crippen LogP contribution < -0.4 is 10.6 Å². The number of halogens is 1. The fourth-order valence-corrected chi connectivity index (χ4v) is 7.01. The van der Waals surface area contributed by atoms with Crippen molar-refractivity contribution in [2.24, 2.45) is 17.3 Å². The Bertz CT molecular complexity index is 1020. The number of carbonyl (C=O) groups is 3. The first-order valence-electron chi connectivity index (χ1n) is 16.3. The van der Waals surface area contributed by atoms with Crippen LogP contribution in [0.5, 0.6) is 0 Å². The number of piperidine rings is 2. The van der Waals surface area contributed by atoms with Crippen LogP contribution in [0.2, 0.25) is 0 Å². The summed E-state index contributed by atoms with van der Waals surface area (Å²) in [4.78, 5) is 45.0. The van der Waals surface area contributed by atoms with Gasteiger partial charge in [0, 0.05) is 31.6 Å². The van der Waals surface area contributed by atoms with E-state index in [2.05, 4.69) is 15.5 Å². The van der Waals surface area contributed by atoms with E-state index in [9.17, 15) is 18.8 Å². The molecule has 236 valence electrons. The summed E-state index contributed by atoms with van der Waals surface area (Å²) in [5.41, 5.74) is 0.0231. The number of rotatable bonds is 7. The van der Waals surface area contributed by atoms with E-state index in [1.165, 1.54) is 18.6 Å². The van der Waals surface area contributed by atoms with Crippen LogP contribution in [-0.4, -0.2) is 72.3 Å². The van der Waals surface area contributed by atoms with E-state index in [1.54, 1.807) is 12.1 Å². The van der Waals surface area contributed by atoms with E-state index in [1.807, 2.05) is 46.6 Å². The monoisotopic (exact) mass is 586 g/mol. The van der Waals surface area contributed by atoms with E-state index < -0.39 is 11.5 Å². The van der Waals surface area contributed by atoms with Gasteiger partial charge in [-0.25, -0.2) is 4.39 Å². The third kappa shape index (κ3) is 9.01. The smallest absolute Gasteiger partial charge is 0.245 e. The van der Waals surface area contributed by atoms with Crippen molar-refractivity contribution in [3.05, 3.63) is 35.6 Å². The average Bonchev–Trinajstić information content (AvgIpc) is 2.98. The summed E-state index contributed by atoms with van der Waals surface area (Å²) in [5.74, 6) is -0.232. The van der Waals surface area contributed by atoms with Crippen molar-refractivity contribution >= 4 is 17.7 Å². The second kappa shape index (κ2) is 15.3. The second-order valence-electron chi connectivity index (χ2n) is 13.5. The zero-order valence-corrected chi connectivity index (χ0v) is 26.9. The number of nitrogens with one attached hydrogen (secondary N) is 2. The van der Waals surface area contributed by atoms with Crippen LogP contribution in [0.1, 0.15) is 98.0 Å². The van der Waals surface area contributed by atoms with Crippen molar-refractivity contribution in [1.82, 2.24) is 20.4 Å². The van der Waals surface area contributed by atoms with E-state index in [-0.39, 0.29) is 35.0 Å². The quantitative estimate of drug-likeness (QED) is 0.453. The van der Waals surface area contributed by atoms with Gasteiger partial charge in [0.2, 0.25) is 17.7 Å². The van der Waals surface area contributed by atoms with Crippen LogP contribution in [0.15, 0.2) is 24.3 Å². The van der Waals surface area contributed by atoms with Gasteiger partial charge >= 0.3 is 0 Å². The number of amides is 3. The molecule has 2 aliphatic heterocycles. The molecule has 3 amide bonds. The fourth-order valence-electron chi connectivity index (χ4n) is 7.01. The lowest BCUT2D eigenvalue weighted by atomic mass is 9.63. The molecule has 0 unspecified atom stereocenters. The summed E-state index contributed by atoms with van der Waals surface area (Å²) in [6.07, 6.45) is 8.99. The highest BCUT2D eigenvalue weighted by Gasteiger charge is 2.49. The van der Waals surface area contributed by atoms with Crippen molar-refractivity contribution in [2.75, 3.05) is 33.2 Å². The van der Waals surface area contributed by atoms with Crippen molar-refractivity contribution in [3.63, 3.8) is 0 Å². The molecule has 0 spiro atoms. The zero-order valence-electron chi connectivity index (χ0n) is 26.9. The topological polar surface area (TPSA) is 81.8 Å². The Labute approximate surface area is 253 Å². The Kier molecular flexibility index (Phi) is 12.4. The lowest BCUT2D eigenvalue weighted by Gasteiger charge is -2.48. The van der Waals surface area contributed by atoms with Gasteiger partial charge in [0.1, 0.15) is 11.9 Å². The van der Waals surface area contributed by atoms with Gasteiger partial charge in [0.15, 0.2) is 0 Å². The standard InChI is InChI=1S/C32H49FN4O3.C2H6/c1-31(2,3)35-30(40)32(25-10-6-5-7-11-25)16-19-37(20-17-32)29(39)27(21-23-12-14-26(33)15-13-23)34-28(38)24-9-8-18-36(4)22-24;1-2/h12-15,24-25,27H,5-11,16-22H2,1-4H3,(H,34,38)(H,35,40);1-2H3/t24-,27-;/m1./s1. The molecule has 0 radical (unpaired) electrons. The van der Waals surface area contributed by atoms with Gasteiger partial charge in [0.25, 0.3) is 0 Å². The van der Waals surface area contributed by atoms with E-state index in [0.29, 0.717) is 44.8 Å². The minimum Gasteiger partial charge on any atom is -0.351 e. The van der Waals surface area contributed by atoms with Gasteiger partial charge < -0.3 is 20.4 Å². The van der Waals surface area contributed by atoms with E-state index in [0.717, 1.165) is 50.6 Å². The van der Waals surface area contributed by atoms with Crippen molar-refractivity contribution < 1.29 is 18.8 Å². The summed E-state index contributed by atoms with van der Waals surface area (Å²) < 4.78 is 13.6. The van der Waals surface area contributed by atoms with Crippen molar-refractivity contribution in [2.45, 2.75) is 110 Å².